The van der Waals surface area contributed by atoms with E-state index in [4.69, 9.17) is 11.6 Å². The Bertz CT molecular complexity index is 1660. The maximum absolute atomic E-state index is 14.2. The van der Waals surface area contributed by atoms with Gasteiger partial charge in [-0.1, -0.05) is 48.0 Å². The molecule has 42 heavy (non-hydrogen) atoms. The van der Waals surface area contributed by atoms with Crippen LogP contribution in [0.2, 0.25) is 5.02 Å². The SMILES string of the molecule is CS(=O)CCn1c(=O)c(-c2cccc(F)c2Cl)cn(CC(=O)N2CCC(N3CCc4ccccc4CC3=O)CC2)c1=O. The largest absolute Gasteiger partial charge is 0.341 e. The maximum atomic E-state index is 14.2. The topological polar surface area (TPSA) is 102 Å². The molecule has 2 aromatic carbocycles. The number of fused-ring (bicyclic) bond motifs is 1. The lowest BCUT2D eigenvalue weighted by molar-refractivity contribution is -0.136. The van der Waals surface area contributed by atoms with Gasteiger partial charge < -0.3 is 9.80 Å². The van der Waals surface area contributed by atoms with Crippen molar-refractivity contribution in [3.05, 3.63) is 91.5 Å². The Hall–Kier alpha value is -3.57. The molecule has 9 nitrogen and oxygen atoms in total. The summed E-state index contributed by atoms with van der Waals surface area (Å²) in [5.74, 6) is -0.893. The van der Waals surface area contributed by atoms with Crippen LogP contribution in [0.4, 0.5) is 4.39 Å². The number of carbonyl (C=O) groups excluding carboxylic acids is 2. The van der Waals surface area contributed by atoms with Gasteiger partial charge in [0.15, 0.2) is 0 Å². The molecule has 1 atom stereocenters. The second-order valence-corrected chi connectivity index (χ2v) is 12.6. The second-order valence-electron chi connectivity index (χ2n) is 10.7. The molecule has 0 spiro atoms. The minimum atomic E-state index is -1.28. The van der Waals surface area contributed by atoms with Gasteiger partial charge in [0, 0.05) is 66.8 Å². The van der Waals surface area contributed by atoms with Crippen LogP contribution in [-0.4, -0.2) is 72.6 Å². The van der Waals surface area contributed by atoms with E-state index in [2.05, 4.69) is 6.07 Å². The average Bonchev–Trinajstić information content (AvgIpc) is 3.14. The van der Waals surface area contributed by atoms with Gasteiger partial charge in [-0.25, -0.2) is 9.18 Å². The number of benzene rings is 2. The number of likely N-dealkylation sites (tertiary alicyclic amines) is 1. The van der Waals surface area contributed by atoms with E-state index in [0.717, 1.165) is 27.2 Å². The molecular weight excluding hydrogens is 583 g/mol. The summed E-state index contributed by atoms with van der Waals surface area (Å²) in [5.41, 5.74) is 0.893. The van der Waals surface area contributed by atoms with Crippen molar-refractivity contribution in [1.29, 1.82) is 0 Å². The summed E-state index contributed by atoms with van der Waals surface area (Å²) in [6.07, 6.45) is 5.11. The molecule has 0 N–H and O–H groups in total. The van der Waals surface area contributed by atoms with E-state index in [1.165, 1.54) is 30.1 Å². The van der Waals surface area contributed by atoms with E-state index in [0.29, 0.717) is 38.9 Å². The average molecular weight is 615 g/mol. The molecule has 1 unspecified atom stereocenters. The Kier molecular flexibility index (Phi) is 9.08. The number of piperidine rings is 1. The van der Waals surface area contributed by atoms with Crippen molar-refractivity contribution >= 4 is 34.2 Å². The first-order chi connectivity index (χ1) is 20.1. The Morgan fingerprint density at radius 2 is 1.71 bits per heavy atom. The van der Waals surface area contributed by atoms with Crippen LogP contribution in [0, 0.1) is 5.82 Å². The highest BCUT2D eigenvalue weighted by Crippen LogP contribution is 2.28. The van der Waals surface area contributed by atoms with Crippen molar-refractivity contribution < 1.29 is 18.2 Å². The van der Waals surface area contributed by atoms with E-state index in [-0.39, 0.29) is 52.8 Å². The quantitative estimate of drug-likeness (QED) is 0.407. The van der Waals surface area contributed by atoms with Crippen molar-refractivity contribution in [2.45, 2.75) is 44.8 Å². The number of nitrogens with zero attached hydrogens (tertiary/aromatic N) is 4. The van der Waals surface area contributed by atoms with Crippen LogP contribution >= 0.6 is 11.6 Å². The second kappa shape index (κ2) is 12.7. The molecule has 0 saturated carbocycles. The lowest BCUT2D eigenvalue weighted by Crippen LogP contribution is -2.50. The fourth-order valence-electron chi connectivity index (χ4n) is 5.74. The van der Waals surface area contributed by atoms with Crippen LogP contribution < -0.4 is 11.2 Å². The van der Waals surface area contributed by atoms with Gasteiger partial charge in [-0.2, -0.15) is 0 Å². The smallest absolute Gasteiger partial charge is 0.331 e. The van der Waals surface area contributed by atoms with Gasteiger partial charge in [0.1, 0.15) is 12.4 Å². The Balaban J connectivity index is 1.33. The molecule has 0 bridgehead atoms. The van der Waals surface area contributed by atoms with E-state index in [9.17, 15) is 27.8 Å². The van der Waals surface area contributed by atoms with Gasteiger partial charge in [-0.05, 0) is 36.5 Å². The first-order valence-corrected chi connectivity index (χ1v) is 16.0. The molecule has 0 aliphatic carbocycles. The van der Waals surface area contributed by atoms with Crippen LogP contribution in [0.1, 0.15) is 24.0 Å². The predicted molar refractivity (Wildman–Crippen MR) is 159 cm³/mol. The monoisotopic (exact) mass is 614 g/mol. The number of aromatic nitrogens is 2. The third-order valence-corrected chi connectivity index (χ3v) is 9.19. The van der Waals surface area contributed by atoms with E-state index < -0.39 is 27.9 Å². The van der Waals surface area contributed by atoms with Crippen molar-refractivity contribution in [2.24, 2.45) is 0 Å². The zero-order valence-electron chi connectivity index (χ0n) is 23.3. The molecule has 12 heteroatoms. The number of carbonyl (C=O) groups is 2. The summed E-state index contributed by atoms with van der Waals surface area (Å²) in [4.78, 5) is 56.5. The van der Waals surface area contributed by atoms with Crippen LogP contribution in [0.25, 0.3) is 11.1 Å². The highest BCUT2D eigenvalue weighted by Gasteiger charge is 2.31. The molecule has 2 aliphatic rings. The van der Waals surface area contributed by atoms with E-state index >= 15 is 0 Å². The molecule has 222 valence electrons. The molecule has 1 saturated heterocycles. The lowest BCUT2D eigenvalue weighted by atomic mass is 10.0. The minimum absolute atomic E-state index is 0.0251. The number of rotatable bonds is 7. The minimum Gasteiger partial charge on any atom is -0.341 e. The van der Waals surface area contributed by atoms with E-state index in [1.54, 1.807) is 4.90 Å². The molecule has 2 aliphatic heterocycles. The zero-order chi connectivity index (χ0) is 30.0. The van der Waals surface area contributed by atoms with Crippen LogP contribution in [-0.2, 0) is 46.3 Å². The van der Waals surface area contributed by atoms with Gasteiger partial charge in [0.05, 0.1) is 17.0 Å². The predicted octanol–water partition coefficient (Wildman–Crippen LogP) is 2.47. The Morgan fingerprint density at radius 1 is 1.00 bits per heavy atom. The molecule has 5 rings (SSSR count). The highest BCUT2D eigenvalue weighted by molar-refractivity contribution is 7.84. The Labute approximate surface area is 250 Å². The van der Waals surface area contributed by atoms with Gasteiger partial charge >= 0.3 is 5.69 Å². The third-order valence-electron chi connectivity index (χ3n) is 8.05. The molecule has 2 amide bonds. The van der Waals surface area contributed by atoms with Crippen molar-refractivity contribution in [1.82, 2.24) is 18.9 Å². The third kappa shape index (κ3) is 6.27. The summed E-state index contributed by atoms with van der Waals surface area (Å²) >= 11 is 6.16. The first kappa shape index (κ1) is 29.9. The normalized spacial score (nSPS) is 16.7. The molecule has 3 aromatic rings. The zero-order valence-corrected chi connectivity index (χ0v) is 24.8. The number of hydrogen-bond donors (Lipinski definition) is 0. The first-order valence-electron chi connectivity index (χ1n) is 13.9. The summed E-state index contributed by atoms with van der Waals surface area (Å²) in [7, 11) is -1.28. The van der Waals surface area contributed by atoms with Crippen LogP contribution in [0.5, 0.6) is 0 Å². The highest BCUT2D eigenvalue weighted by atomic mass is 35.5. The summed E-state index contributed by atoms with van der Waals surface area (Å²) in [5, 5.41) is -0.273. The summed E-state index contributed by atoms with van der Waals surface area (Å²) in [6, 6.07) is 12.0. The molecule has 3 heterocycles. The number of hydrogen-bond acceptors (Lipinski definition) is 5. The lowest BCUT2D eigenvalue weighted by Gasteiger charge is -2.38. The van der Waals surface area contributed by atoms with Crippen molar-refractivity contribution in [3.63, 3.8) is 0 Å². The molecule has 1 aromatic heterocycles. The maximum Gasteiger partial charge on any atom is 0.331 e. The van der Waals surface area contributed by atoms with Gasteiger partial charge in [0.2, 0.25) is 11.8 Å². The van der Waals surface area contributed by atoms with Crippen LogP contribution in [0.15, 0.2) is 58.3 Å². The molecule has 0 radical (unpaired) electrons. The van der Waals surface area contributed by atoms with Crippen LogP contribution in [0.3, 0.4) is 0 Å². The fraction of sp³-hybridized carbons (Fsp3) is 0.400. The number of amides is 2. The standard InChI is InChI=1S/C30H32ClFN4O5S/c1-42(41)16-15-36-29(39)24(23-7-4-8-25(32)28(23)31)18-34(30(36)40)19-27(38)33-12-10-22(11-13-33)35-14-9-20-5-2-3-6-21(20)17-26(35)37/h2-8,18,22H,9-17,19H2,1H3. The number of halogens is 2. The fourth-order valence-corrected chi connectivity index (χ4v) is 6.41. The van der Waals surface area contributed by atoms with Gasteiger partial charge in [-0.15, -0.1) is 0 Å². The summed E-state index contributed by atoms with van der Waals surface area (Å²) < 4.78 is 28.0. The summed E-state index contributed by atoms with van der Waals surface area (Å²) in [6.45, 7) is 1.02. The van der Waals surface area contributed by atoms with Crippen molar-refractivity contribution in [3.8, 4) is 11.1 Å². The van der Waals surface area contributed by atoms with E-state index in [1.807, 2.05) is 23.1 Å². The van der Waals surface area contributed by atoms with Crippen molar-refractivity contribution in [2.75, 3.05) is 31.6 Å². The van der Waals surface area contributed by atoms with Gasteiger partial charge in [-0.3, -0.25) is 27.7 Å². The molecular formula is C30H32ClFN4O5S. The Morgan fingerprint density at radius 3 is 2.43 bits per heavy atom. The molecule has 1 fully saturated rings. The van der Waals surface area contributed by atoms with Gasteiger partial charge in [0.25, 0.3) is 5.56 Å².